The van der Waals surface area contributed by atoms with Gasteiger partial charge in [0.05, 0.1) is 27.8 Å². The van der Waals surface area contributed by atoms with Crippen molar-refractivity contribution in [1.82, 2.24) is 4.57 Å². The molecule has 0 fully saturated rings. The molecule has 2 aromatic rings. The van der Waals surface area contributed by atoms with E-state index in [0.29, 0.717) is 37.6 Å². The van der Waals surface area contributed by atoms with Crippen LogP contribution in [0.4, 0.5) is 0 Å². The number of phenolic OH excluding ortho intramolecular Hbond substituents is 1. The van der Waals surface area contributed by atoms with Gasteiger partial charge in [0.2, 0.25) is 0 Å². The summed E-state index contributed by atoms with van der Waals surface area (Å²) in [5, 5.41) is 10.6. The van der Waals surface area contributed by atoms with Crippen LogP contribution in [-0.2, 0) is 9.53 Å². The molecule has 154 valence electrons. The van der Waals surface area contributed by atoms with Crippen molar-refractivity contribution in [3.8, 4) is 5.75 Å². The summed E-state index contributed by atoms with van der Waals surface area (Å²) < 4.78 is 6.95. The number of thiazole rings is 1. The highest BCUT2D eigenvalue weighted by Gasteiger charge is 2.29. The minimum Gasteiger partial charge on any atom is -0.506 e. The van der Waals surface area contributed by atoms with Crippen LogP contribution in [0, 0.1) is 0 Å². The van der Waals surface area contributed by atoms with E-state index in [1.807, 2.05) is 6.92 Å². The Kier molecular flexibility index (Phi) is 6.51. The summed E-state index contributed by atoms with van der Waals surface area (Å²) in [6, 6.07) is 2.58. The van der Waals surface area contributed by atoms with Gasteiger partial charge in [-0.3, -0.25) is 9.36 Å². The van der Waals surface area contributed by atoms with Crippen LogP contribution >= 0.6 is 34.5 Å². The molecule has 3 rings (SSSR count). The maximum atomic E-state index is 13.0. The lowest BCUT2D eigenvalue weighted by Crippen LogP contribution is -2.37. The van der Waals surface area contributed by atoms with E-state index in [4.69, 9.17) is 27.9 Å². The zero-order chi connectivity index (χ0) is 21.3. The van der Waals surface area contributed by atoms with Crippen molar-refractivity contribution >= 4 is 52.3 Å². The van der Waals surface area contributed by atoms with E-state index in [2.05, 4.69) is 4.99 Å². The molecule has 0 aliphatic carbocycles. The topological polar surface area (TPSA) is 80.9 Å². The van der Waals surface area contributed by atoms with Crippen molar-refractivity contribution in [2.75, 3.05) is 6.61 Å². The zero-order valence-corrected chi connectivity index (χ0v) is 18.5. The lowest BCUT2D eigenvalue weighted by molar-refractivity contribution is -0.138. The number of aromatic hydroxyl groups is 1. The van der Waals surface area contributed by atoms with E-state index in [9.17, 15) is 14.7 Å². The number of nitrogens with zero attached hydrogens (tertiary/aromatic N) is 2. The first-order chi connectivity index (χ1) is 13.8. The van der Waals surface area contributed by atoms with Crippen molar-refractivity contribution in [3.63, 3.8) is 0 Å². The molecule has 9 heteroatoms. The Hall–Kier alpha value is -2.09. The molecule has 0 saturated heterocycles. The Morgan fingerprint density at radius 3 is 2.76 bits per heavy atom. The summed E-state index contributed by atoms with van der Waals surface area (Å²) in [5.74, 6) is -0.618. The Morgan fingerprint density at radius 2 is 2.10 bits per heavy atom. The molecule has 0 unspecified atom stereocenters. The van der Waals surface area contributed by atoms with Crippen LogP contribution in [0.1, 0.15) is 39.2 Å². The van der Waals surface area contributed by atoms with Crippen LogP contribution in [0.2, 0.25) is 10.0 Å². The fraction of sp³-hybridized carbons (Fsp3) is 0.350. The van der Waals surface area contributed by atoms with E-state index in [0.717, 1.165) is 6.42 Å². The number of carbonyl (C=O) groups excluding carboxylic acids is 1. The quantitative estimate of drug-likeness (QED) is 0.702. The molecule has 1 aliphatic rings. The van der Waals surface area contributed by atoms with Gasteiger partial charge in [-0.05, 0) is 38.5 Å². The SMILES string of the molecule is CCC[C@@H]1N=c2s/c(=C\c3cc(Cl)cc(Cl)c3O)c(=O)n2C(C)=C1C(=O)OCC. The Morgan fingerprint density at radius 1 is 1.38 bits per heavy atom. The Labute approximate surface area is 181 Å². The number of hydrogen-bond acceptors (Lipinski definition) is 6. The molecule has 1 atom stereocenters. The molecule has 0 radical (unpaired) electrons. The second-order valence-corrected chi connectivity index (χ2v) is 8.37. The van der Waals surface area contributed by atoms with Crippen molar-refractivity contribution in [2.24, 2.45) is 4.99 Å². The highest BCUT2D eigenvalue weighted by molar-refractivity contribution is 7.07. The van der Waals surface area contributed by atoms with Gasteiger partial charge in [-0.2, -0.15) is 0 Å². The number of fused-ring (bicyclic) bond motifs is 1. The Bertz CT molecular complexity index is 1180. The lowest BCUT2D eigenvalue weighted by atomic mass is 10.00. The summed E-state index contributed by atoms with van der Waals surface area (Å²) in [6.45, 7) is 5.71. The monoisotopic (exact) mass is 454 g/mol. The first kappa shape index (κ1) is 21.6. The summed E-state index contributed by atoms with van der Waals surface area (Å²) in [7, 11) is 0. The maximum absolute atomic E-state index is 13.0. The van der Waals surface area contributed by atoms with Crippen LogP contribution in [0.5, 0.6) is 5.75 Å². The van der Waals surface area contributed by atoms with Crippen molar-refractivity contribution < 1.29 is 14.6 Å². The van der Waals surface area contributed by atoms with Crippen LogP contribution in [-0.4, -0.2) is 28.3 Å². The third-order valence-electron chi connectivity index (χ3n) is 4.53. The summed E-state index contributed by atoms with van der Waals surface area (Å²) in [4.78, 5) is 30.7. The molecule has 1 aliphatic heterocycles. The molecule has 1 aromatic heterocycles. The van der Waals surface area contributed by atoms with Gasteiger partial charge in [0.25, 0.3) is 5.56 Å². The predicted octanol–water partition coefficient (Wildman–Crippen LogP) is 3.35. The molecule has 6 nitrogen and oxygen atoms in total. The van der Waals surface area contributed by atoms with Gasteiger partial charge in [0, 0.05) is 16.3 Å². The number of ether oxygens (including phenoxy) is 1. The van der Waals surface area contributed by atoms with Gasteiger partial charge in [0.1, 0.15) is 5.75 Å². The van der Waals surface area contributed by atoms with Gasteiger partial charge in [0.15, 0.2) is 4.80 Å². The number of phenols is 1. The number of carbonyl (C=O) groups is 1. The normalized spacial score (nSPS) is 16.6. The minimum absolute atomic E-state index is 0.0959. The summed E-state index contributed by atoms with van der Waals surface area (Å²) in [6.07, 6.45) is 3.02. The molecule has 0 saturated carbocycles. The largest absolute Gasteiger partial charge is 0.506 e. The molecular weight excluding hydrogens is 435 g/mol. The first-order valence-electron chi connectivity index (χ1n) is 9.16. The number of benzene rings is 1. The van der Waals surface area contributed by atoms with E-state index >= 15 is 0 Å². The molecule has 0 bridgehead atoms. The van der Waals surface area contributed by atoms with Gasteiger partial charge in [-0.25, -0.2) is 9.79 Å². The van der Waals surface area contributed by atoms with Gasteiger partial charge in [-0.1, -0.05) is 47.9 Å². The minimum atomic E-state index is -0.458. The lowest BCUT2D eigenvalue weighted by Gasteiger charge is -2.21. The molecule has 1 N–H and O–H groups in total. The number of aromatic nitrogens is 1. The fourth-order valence-corrected chi connectivity index (χ4v) is 4.79. The molecule has 0 spiro atoms. The van der Waals surface area contributed by atoms with Crippen LogP contribution in [0.25, 0.3) is 11.8 Å². The van der Waals surface area contributed by atoms with Gasteiger partial charge < -0.3 is 9.84 Å². The number of allylic oxidation sites excluding steroid dienone is 1. The molecule has 29 heavy (non-hydrogen) atoms. The molecular formula is C20H20Cl2N2O4S. The Balaban J connectivity index is 2.24. The highest BCUT2D eigenvalue weighted by Crippen LogP contribution is 2.31. The highest BCUT2D eigenvalue weighted by atomic mass is 35.5. The summed E-state index contributed by atoms with van der Waals surface area (Å²) in [5.41, 5.74) is 0.914. The van der Waals surface area contributed by atoms with E-state index < -0.39 is 5.97 Å². The van der Waals surface area contributed by atoms with E-state index in [-0.39, 0.29) is 29.0 Å². The second-order valence-electron chi connectivity index (χ2n) is 6.51. The number of hydrogen-bond donors (Lipinski definition) is 1. The zero-order valence-electron chi connectivity index (χ0n) is 16.2. The van der Waals surface area contributed by atoms with Crippen LogP contribution in [0.15, 0.2) is 27.5 Å². The van der Waals surface area contributed by atoms with Gasteiger partial charge in [-0.15, -0.1) is 0 Å². The maximum Gasteiger partial charge on any atom is 0.337 e. The van der Waals surface area contributed by atoms with Crippen molar-refractivity contribution in [2.45, 2.75) is 39.7 Å². The van der Waals surface area contributed by atoms with E-state index in [1.165, 1.54) is 34.1 Å². The number of halogens is 2. The average molecular weight is 455 g/mol. The van der Waals surface area contributed by atoms with Crippen LogP contribution < -0.4 is 14.9 Å². The number of rotatable bonds is 5. The molecule has 2 heterocycles. The molecule has 0 amide bonds. The third-order valence-corrected chi connectivity index (χ3v) is 6.02. The fourth-order valence-electron chi connectivity index (χ4n) is 3.23. The van der Waals surface area contributed by atoms with Gasteiger partial charge >= 0.3 is 5.97 Å². The third kappa shape index (κ3) is 4.13. The predicted molar refractivity (Wildman–Crippen MR) is 115 cm³/mol. The van der Waals surface area contributed by atoms with Crippen molar-refractivity contribution in [3.05, 3.63) is 53.0 Å². The average Bonchev–Trinajstić information content (AvgIpc) is 2.95. The summed E-state index contributed by atoms with van der Waals surface area (Å²) >= 11 is 13.2. The van der Waals surface area contributed by atoms with Crippen molar-refractivity contribution in [1.29, 1.82) is 0 Å². The molecule has 1 aromatic carbocycles. The van der Waals surface area contributed by atoms with Crippen LogP contribution in [0.3, 0.4) is 0 Å². The number of esters is 1. The standard InChI is InChI=1S/C20H20Cl2N2O4S/c1-4-6-14-16(19(27)28-5-2)10(3)24-18(26)15(29-20(24)23-14)8-11-7-12(21)9-13(22)17(11)25/h7-9,14,25H,4-6H2,1-3H3/b15-8-/t14-/m0/s1. The first-order valence-corrected chi connectivity index (χ1v) is 10.7. The smallest absolute Gasteiger partial charge is 0.337 e. The second kappa shape index (κ2) is 8.73. The van der Waals surface area contributed by atoms with E-state index in [1.54, 1.807) is 13.8 Å².